The standard InChI is InChI=1S/C18H24N2O2/c1-12(15-11-16(15)13-6-4-3-5-7-13)19-18(22)14-8-9-20(2)17(21)10-14/h3-7,12,14-16H,8-11H2,1-2H3,(H,19,22)/t12-,14+,15-,16-/m0/s1. The number of piperidine rings is 1. The minimum absolute atomic E-state index is 0.0488. The van der Waals surface area contributed by atoms with Crippen LogP contribution in [0.5, 0.6) is 0 Å². The predicted molar refractivity (Wildman–Crippen MR) is 85.3 cm³/mol. The second-order valence-corrected chi connectivity index (χ2v) is 6.72. The zero-order chi connectivity index (χ0) is 15.7. The van der Waals surface area contributed by atoms with Crippen molar-refractivity contribution in [1.29, 1.82) is 0 Å². The zero-order valence-electron chi connectivity index (χ0n) is 13.3. The number of hydrogen-bond acceptors (Lipinski definition) is 2. The molecule has 2 amide bonds. The van der Waals surface area contributed by atoms with Crippen LogP contribution in [-0.4, -0.2) is 36.3 Å². The van der Waals surface area contributed by atoms with Crippen molar-refractivity contribution in [2.24, 2.45) is 11.8 Å². The summed E-state index contributed by atoms with van der Waals surface area (Å²) in [4.78, 5) is 25.8. The molecule has 22 heavy (non-hydrogen) atoms. The number of hydrogen-bond donors (Lipinski definition) is 1. The summed E-state index contributed by atoms with van der Waals surface area (Å²) in [5.41, 5.74) is 1.36. The van der Waals surface area contributed by atoms with Crippen molar-refractivity contribution in [3.8, 4) is 0 Å². The minimum atomic E-state index is -0.153. The third kappa shape index (κ3) is 3.16. The molecule has 1 aliphatic heterocycles. The van der Waals surface area contributed by atoms with E-state index in [1.54, 1.807) is 11.9 Å². The Balaban J connectivity index is 1.51. The maximum atomic E-state index is 12.4. The van der Waals surface area contributed by atoms with Gasteiger partial charge in [-0.25, -0.2) is 0 Å². The first kappa shape index (κ1) is 15.1. The normalized spacial score (nSPS) is 29.1. The van der Waals surface area contributed by atoms with Crippen LogP contribution in [0, 0.1) is 11.8 Å². The fourth-order valence-electron chi connectivity index (χ4n) is 3.47. The lowest BCUT2D eigenvalue weighted by Crippen LogP contribution is -2.44. The van der Waals surface area contributed by atoms with Gasteiger partial charge >= 0.3 is 0 Å². The van der Waals surface area contributed by atoms with Crippen LogP contribution >= 0.6 is 0 Å². The molecule has 1 aliphatic carbocycles. The van der Waals surface area contributed by atoms with E-state index >= 15 is 0 Å². The summed E-state index contributed by atoms with van der Waals surface area (Å²) in [6.45, 7) is 2.77. The van der Waals surface area contributed by atoms with Gasteiger partial charge in [-0.2, -0.15) is 0 Å². The second kappa shape index (κ2) is 6.11. The molecule has 1 heterocycles. The minimum Gasteiger partial charge on any atom is -0.353 e. The van der Waals surface area contributed by atoms with Gasteiger partial charge in [-0.3, -0.25) is 9.59 Å². The summed E-state index contributed by atoms with van der Waals surface area (Å²) in [6, 6.07) is 10.7. The molecule has 0 aromatic heterocycles. The van der Waals surface area contributed by atoms with Crippen LogP contribution in [-0.2, 0) is 9.59 Å². The molecule has 0 bridgehead atoms. The van der Waals surface area contributed by atoms with E-state index in [4.69, 9.17) is 0 Å². The van der Waals surface area contributed by atoms with Gasteiger partial charge in [0.2, 0.25) is 11.8 Å². The van der Waals surface area contributed by atoms with Crippen LogP contribution in [0.15, 0.2) is 30.3 Å². The Morgan fingerprint density at radius 1 is 1.32 bits per heavy atom. The summed E-state index contributed by atoms with van der Waals surface area (Å²) >= 11 is 0. The maximum absolute atomic E-state index is 12.4. The van der Waals surface area contributed by atoms with Crippen LogP contribution in [0.25, 0.3) is 0 Å². The Bertz CT molecular complexity index is 557. The van der Waals surface area contributed by atoms with Gasteiger partial charge in [0, 0.05) is 32.0 Å². The summed E-state index contributed by atoms with van der Waals surface area (Å²) in [7, 11) is 1.80. The first-order chi connectivity index (χ1) is 10.6. The maximum Gasteiger partial charge on any atom is 0.223 e. The highest BCUT2D eigenvalue weighted by molar-refractivity contribution is 5.87. The third-order valence-electron chi connectivity index (χ3n) is 5.11. The highest BCUT2D eigenvalue weighted by Gasteiger charge is 2.43. The molecule has 1 N–H and O–H groups in total. The summed E-state index contributed by atoms with van der Waals surface area (Å²) in [6.07, 6.45) is 2.26. The SMILES string of the molecule is C[C@H](NC(=O)[C@@H]1CCN(C)C(=O)C1)[C@@H]1C[C@H]1c1ccccc1. The zero-order valence-corrected chi connectivity index (χ0v) is 13.3. The number of likely N-dealkylation sites (tertiary alicyclic amines) is 1. The summed E-state index contributed by atoms with van der Waals surface area (Å²) < 4.78 is 0. The molecular weight excluding hydrogens is 276 g/mol. The third-order valence-corrected chi connectivity index (χ3v) is 5.11. The number of nitrogens with one attached hydrogen (secondary N) is 1. The predicted octanol–water partition coefficient (Wildman–Crippen LogP) is 2.16. The van der Waals surface area contributed by atoms with E-state index in [1.807, 2.05) is 6.07 Å². The van der Waals surface area contributed by atoms with Gasteiger partial charge in [-0.1, -0.05) is 30.3 Å². The van der Waals surface area contributed by atoms with E-state index in [-0.39, 0.29) is 23.8 Å². The summed E-state index contributed by atoms with van der Waals surface area (Å²) in [5, 5.41) is 3.14. The number of benzene rings is 1. The van der Waals surface area contributed by atoms with Gasteiger partial charge in [0.1, 0.15) is 0 Å². The highest BCUT2D eigenvalue weighted by Crippen LogP contribution is 2.49. The van der Waals surface area contributed by atoms with Crippen LogP contribution in [0.4, 0.5) is 0 Å². The molecule has 3 rings (SSSR count). The fraction of sp³-hybridized carbons (Fsp3) is 0.556. The lowest BCUT2D eigenvalue weighted by molar-refractivity contribution is -0.139. The number of carbonyl (C=O) groups excluding carboxylic acids is 2. The number of rotatable bonds is 4. The largest absolute Gasteiger partial charge is 0.353 e. The van der Waals surface area contributed by atoms with E-state index in [0.717, 1.165) is 12.8 Å². The van der Waals surface area contributed by atoms with E-state index < -0.39 is 0 Å². The monoisotopic (exact) mass is 300 g/mol. The van der Waals surface area contributed by atoms with Crippen molar-refractivity contribution >= 4 is 11.8 Å². The van der Waals surface area contributed by atoms with Crippen molar-refractivity contribution in [2.45, 2.75) is 38.1 Å². The molecule has 0 spiro atoms. The highest BCUT2D eigenvalue weighted by atomic mass is 16.2. The van der Waals surface area contributed by atoms with E-state index in [0.29, 0.717) is 24.8 Å². The quantitative estimate of drug-likeness (QED) is 0.926. The number of amides is 2. The fourth-order valence-corrected chi connectivity index (χ4v) is 3.47. The van der Waals surface area contributed by atoms with Gasteiger partial charge in [-0.15, -0.1) is 0 Å². The van der Waals surface area contributed by atoms with Crippen molar-refractivity contribution in [1.82, 2.24) is 10.2 Å². The van der Waals surface area contributed by atoms with Gasteiger partial charge in [0.05, 0.1) is 0 Å². The Kier molecular flexibility index (Phi) is 4.19. The van der Waals surface area contributed by atoms with Crippen molar-refractivity contribution in [3.63, 3.8) is 0 Å². The molecule has 4 atom stereocenters. The Morgan fingerprint density at radius 3 is 2.73 bits per heavy atom. The van der Waals surface area contributed by atoms with Gasteiger partial charge < -0.3 is 10.2 Å². The lowest BCUT2D eigenvalue weighted by Gasteiger charge is -2.29. The van der Waals surface area contributed by atoms with Crippen LogP contribution < -0.4 is 5.32 Å². The molecule has 1 aromatic carbocycles. The Morgan fingerprint density at radius 2 is 2.05 bits per heavy atom. The van der Waals surface area contributed by atoms with Gasteiger partial charge in [-0.05, 0) is 37.2 Å². The molecule has 0 radical (unpaired) electrons. The Labute approximate surface area is 131 Å². The number of carbonyl (C=O) groups is 2. The van der Waals surface area contributed by atoms with Crippen LogP contribution in [0.1, 0.15) is 37.7 Å². The summed E-state index contributed by atoms with van der Waals surface area (Å²) in [5.74, 6) is 1.06. The molecular formula is C18H24N2O2. The molecule has 118 valence electrons. The van der Waals surface area contributed by atoms with Crippen molar-refractivity contribution in [3.05, 3.63) is 35.9 Å². The molecule has 1 aromatic rings. The van der Waals surface area contributed by atoms with Crippen LogP contribution in [0.2, 0.25) is 0 Å². The number of nitrogens with zero attached hydrogens (tertiary/aromatic N) is 1. The molecule has 1 saturated heterocycles. The first-order valence-corrected chi connectivity index (χ1v) is 8.15. The molecule has 1 saturated carbocycles. The van der Waals surface area contributed by atoms with Gasteiger partial charge in [0.15, 0.2) is 0 Å². The van der Waals surface area contributed by atoms with E-state index in [1.165, 1.54) is 5.56 Å². The molecule has 2 aliphatic rings. The lowest BCUT2D eigenvalue weighted by atomic mass is 9.95. The van der Waals surface area contributed by atoms with E-state index in [2.05, 4.69) is 36.5 Å². The average Bonchev–Trinajstić information content (AvgIpc) is 3.31. The van der Waals surface area contributed by atoms with Crippen molar-refractivity contribution < 1.29 is 9.59 Å². The van der Waals surface area contributed by atoms with Gasteiger partial charge in [0.25, 0.3) is 0 Å². The average molecular weight is 300 g/mol. The first-order valence-electron chi connectivity index (χ1n) is 8.15. The van der Waals surface area contributed by atoms with Crippen LogP contribution in [0.3, 0.4) is 0 Å². The van der Waals surface area contributed by atoms with E-state index in [9.17, 15) is 9.59 Å². The Hall–Kier alpha value is -1.84. The molecule has 2 fully saturated rings. The second-order valence-electron chi connectivity index (χ2n) is 6.72. The molecule has 0 unspecified atom stereocenters. The topological polar surface area (TPSA) is 49.4 Å². The molecule has 4 heteroatoms. The smallest absolute Gasteiger partial charge is 0.223 e. The molecule has 4 nitrogen and oxygen atoms in total. The van der Waals surface area contributed by atoms with Crippen molar-refractivity contribution in [2.75, 3.05) is 13.6 Å².